The first-order valence-electron chi connectivity index (χ1n) is 5.23. The zero-order valence-electron chi connectivity index (χ0n) is 9.58. The maximum absolute atomic E-state index is 12.1. The van der Waals surface area contributed by atoms with Gasteiger partial charge in [0.2, 0.25) is 0 Å². The molecule has 0 fully saturated rings. The van der Waals surface area contributed by atoms with Crippen molar-refractivity contribution in [2.24, 2.45) is 0 Å². The van der Waals surface area contributed by atoms with Crippen molar-refractivity contribution in [1.82, 2.24) is 0 Å². The molecule has 2 rings (SSSR count). The standard InChI is InChI=1S/C12H9AsBrNO3S/c14-10-3-7-12(8-4-10)19(17,18)15-11-5-1-9(13-16)2-6-11/h1-8,15H. The van der Waals surface area contributed by atoms with Gasteiger partial charge < -0.3 is 0 Å². The molecule has 1 N–H and O–H groups in total. The van der Waals surface area contributed by atoms with E-state index in [1.54, 1.807) is 36.4 Å². The third-order valence-electron chi connectivity index (χ3n) is 2.35. The molecule has 7 heteroatoms. The number of benzene rings is 2. The van der Waals surface area contributed by atoms with Crippen molar-refractivity contribution in [3.8, 4) is 0 Å². The van der Waals surface area contributed by atoms with Crippen molar-refractivity contribution in [2.45, 2.75) is 4.90 Å². The van der Waals surface area contributed by atoms with Gasteiger partial charge in [-0.15, -0.1) is 0 Å². The zero-order chi connectivity index (χ0) is 13.9. The van der Waals surface area contributed by atoms with E-state index in [1.165, 1.54) is 12.1 Å². The number of sulfonamides is 1. The summed E-state index contributed by atoms with van der Waals surface area (Å²) in [5, 5.41) is 0. The van der Waals surface area contributed by atoms with Crippen LogP contribution in [0, 0.1) is 0 Å². The van der Waals surface area contributed by atoms with E-state index in [0.717, 1.165) is 4.47 Å². The molecule has 98 valence electrons. The summed E-state index contributed by atoms with van der Waals surface area (Å²) in [5.41, 5.74) is 0.446. The SMILES string of the molecule is O=[As]c1ccc(NS(=O)(=O)c2ccc(Br)cc2)cc1. The Hall–Kier alpha value is -0.972. The van der Waals surface area contributed by atoms with E-state index in [1.807, 2.05) is 0 Å². The Morgan fingerprint density at radius 3 is 2.05 bits per heavy atom. The number of hydrogen-bond donors (Lipinski definition) is 1. The third-order valence-corrected chi connectivity index (χ3v) is 5.34. The van der Waals surface area contributed by atoms with Crippen LogP contribution in [0.4, 0.5) is 5.69 Å². The van der Waals surface area contributed by atoms with Gasteiger partial charge in [0.1, 0.15) is 0 Å². The summed E-state index contributed by atoms with van der Waals surface area (Å²) in [6, 6.07) is 12.8. The van der Waals surface area contributed by atoms with Crippen LogP contribution in [0.25, 0.3) is 0 Å². The maximum atomic E-state index is 12.1. The van der Waals surface area contributed by atoms with Crippen LogP contribution in [0.3, 0.4) is 0 Å². The second-order valence-corrected chi connectivity index (χ2v) is 7.76. The quantitative estimate of drug-likeness (QED) is 0.796. The van der Waals surface area contributed by atoms with E-state index in [-0.39, 0.29) is 4.90 Å². The minimum atomic E-state index is -3.59. The molecule has 0 aliphatic rings. The van der Waals surface area contributed by atoms with E-state index in [0.29, 0.717) is 10.0 Å². The molecule has 0 saturated carbocycles. The van der Waals surface area contributed by atoms with Crippen molar-refractivity contribution in [1.29, 1.82) is 0 Å². The summed E-state index contributed by atoms with van der Waals surface area (Å²) < 4.78 is 38.9. The van der Waals surface area contributed by atoms with Gasteiger partial charge in [-0.05, 0) is 0 Å². The van der Waals surface area contributed by atoms with Crippen molar-refractivity contribution in [3.05, 3.63) is 53.0 Å². The zero-order valence-corrected chi connectivity index (χ0v) is 13.9. The van der Waals surface area contributed by atoms with E-state index >= 15 is 0 Å². The van der Waals surface area contributed by atoms with E-state index in [4.69, 9.17) is 0 Å². The normalized spacial score (nSPS) is 11.4. The number of hydrogen-bond acceptors (Lipinski definition) is 3. The predicted molar refractivity (Wildman–Crippen MR) is 77.5 cm³/mol. The molecule has 2 aromatic carbocycles. The molecular weight excluding hydrogens is 393 g/mol. The molecule has 0 amide bonds. The van der Waals surface area contributed by atoms with Crippen LogP contribution in [-0.4, -0.2) is 24.1 Å². The van der Waals surface area contributed by atoms with Gasteiger partial charge in [0.25, 0.3) is 0 Å². The van der Waals surface area contributed by atoms with Gasteiger partial charge in [-0.1, -0.05) is 0 Å². The third kappa shape index (κ3) is 3.75. The first-order chi connectivity index (χ1) is 9.01. The molecule has 0 aliphatic carbocycles. The van der Waals surface area contributed by atoms with Crippen LogP contribution >= 0.6 is 15.9 Å². The molecule has 2 aromatic rings. The second kappa shape index (κ2) is 5.99. The average Bonchev–Trinajstić information content (AvgIpc) is 2.40. The van der Waals surface area contributed by atoms with Gasteiger partial charge in [-0.25, -0.2) is 0 Å². The number of nitrogens with one attached hydrogen (secondary N) is 1. The van der Waals surface area contributed by atoms with Crippen LogP contribution in [0.5, 0.6) is 0 Å². The minimum absolute atomic E-state index is 0.190. The number of rotatable bonds is 4. The number of halogens is 1. The van der Waals surface area contributed by atoms with Crippen molar-refractivity contribution < 1.29 is 12.2 Å². The summed E-state index contributed by atoms with van der Waals surface area (Å²) in [7, 11) is -3.59. The Bertz CT molecular complexity index is 684. The van der Waals surface area contributed by atoms with Gasteiger partial charge in [0, 0.05) is 0 Å². The summed E-state index contributed by atoms with van der Waals surface area (Å²) in [4.78, 5) is 0.190. The predicted octanol–water partition coefficient (Wildman–Crippen LogP) is 1.92. The van der Waals surface area contributed by atoms with Crippen LogP contribution in [0.15, 0.2) is 57.9 Å². The van der Waals surface area contributed by atoms with Gasteiger partial charge in [-0.2, -0.15) is 0 Å². The van der Waals surface area contributed by atoms with E-state index < -0.39 is 25.7 Å². The van der Waals surface area contributed by atoms with Crippen molar-refractivity contribution >= 4 is 51.7 Å². The Morgan fingerprint density at radius 1 is 0.947 bits per heavy atom. The molecule has 0 heterocycles. The monoisotopic (exact) mass is 401 g/mol. The Labute approximate surface area is 126 Å². The molecule has 0 aliphatic heterocycles. The topological polar surface area (TPSA) is 63.2 Å². The molecule has 0 atom stereocenters. The summed E-state index contributed by atoms with van der Waals surface area (Å²) >= 11 is 2.17. The molecule has 0 radical (unpaired) electrons. The molecular formula is C12H9AsBrNO3S. The summed E-state index contributed by atoms with van der Waals surface area (Å²) in [6.45, 7) is 0. The van der Waals surface area contributed by atoms with Crippen LogP contribution < -0.4 is 9.07 Å². The van der Waals surface area contributed by atoms with Crippen LogP contribution in [-0.2, 0) is 13.8 Å². The molecule has 0 unspecified atom stereocenters. The van der Waals surface area contributed by atoms with Gasteiger partial charge in [0.15, 0.2) is 0 Å². The molecule has 0 aromatic heterocycles. The fourth-order valence-corrected chi connectivity index (χ4v) is 3.31. The summed E-state index contributed by atoms with van der Waals surface area (Å²) in [5.74, 6) is 0. The van der Waals surface area contributed by atoms with Crippen LogP contribution in [0.2, 0.25) is 0 Å². The fourth-order valence-electron chi connectivity index (χ4n) is 1.42. The van der Waals surface area contributed by atoms with Crippen molar-refractivity contribution in [2.75, 3.05) is 4.72 Å². The summed E-state index contributed by atoms with van der Waals surface area (Å²) in [6.07, 6.45) is 0. The second-order valence-electron chi connectivity index (χ2n) is 3.70. The first-order valence-corrected chi connectivity index (χ1v) is 9.21. The van der Waals surface area contributed by atoms with Gasteiger partial charge >= 0.3 is 126 Å². The van der Waals surface area contributed by atoms with E-state index in [9.17, 15) is 12.2 Å². The average molecular weight is 402 g/mol. The van der Waals surface area contributed by atoms with Gasteiger partial charge in [-0.3, -0.25) is 0 Å². The fraction of sp³-hybridized carbons (Fsp3) is 0. The Morgan fingerprint density at radius 2 is 1.53 bits per heavy atom. The molecule has 4 nitrogen and oxygen atoms in total. The number of anilines is 1. The Kier molecular flexibility index (Phi) is 4.55. The van der Waals surface area contributed by atoms with Crippen LogP contribution in [0.1, 0.15) is 0 Å². The van der Waals surface area contributed by atoms with E-state index in [2.05, 4.69) is 20.7 Å². The molecule has 0 spiro atoms. The van der Waals surface area contributed by atoms with Gasteiger partial charge in [0.05, 0.1) is 0 Å². The molecule has 0 saturated heterocycles. The Balaban J connectivity index is 2.25. The first kappa shape index (κ1) is 14.4. The van der Waals surface area contributed by atoms with Crippen molar-refractivity contribution in [3.63, 3.8) is 0 Å². The molecule has 0 bridgehead atoms. The molecule has 19 heavy (non-hydrogen) atoms.